The van der Waals surface area contributed by atoms with Crippen molar-refractivity contribution < 1.29 is 22.7 Å². The van der Waals surface area contributed by atoms with Gasteiger partial charge >= 0.3 is 6.18 Å². The molecular weight excluding hydrogens is 407 g/mol. The molecule has 8 heteroatoms. The van der Waals surface area contributed by atoms with Gasteiger partial charge in [0.05, 0.1) is 12.5 Å². The minimum atomic E-state index is -4.36. The first-order valence-corrected chi connectivity index (χ1v) is 11.1. The number of alkyl halides is 3. The summed E-state index contributed by atoms with van der Waals surface area (Å²) >= 11 is 0. The van der Waals surface area contributed by atoms with Crippen LogP contribution in [0.25, 0.3) is 0 Å². The quantitative estimate of drug-likeness (QED) is 0.777. The summed E-state index contributed by atoms with van der Waals surface area (Å²) in [4.78, 5) is 19.7. The Morgan fingerprint density at radius 3 is 2.55 bits per heavy atom. The number of aliphatic imine (C=N–C) groups is 1. The lowest BCUT2D eigenvalue weighted by molar-refractivity contribution is -0.146. The minimum Gasteiger partial charge on any atom is -0.381 e. The highest BCUT2D eigenvalue weighted by atomic mass is 19.4. The van der Waals surface area contributed by atoms with E-state index >= 15 is 0 Å². The van der Waals surface area contributed by atoms with Crippen LogP contribution in [-0.4, -0.2) is 42.7 Å². The summed E-state index contributed by atoms with van der Waals surface area (Å²) in [6.07, 6.45) is 0.679. The fraction of sp³-hybridized carbons (Fsp3) is 0.652. The number of halogens is 3. The molecule has 1 heterocycles. The number of benzene rings is 1. The standard InChI is InChI=1S/C23H28F3N3O2/c1-31-17-6-8-21(9-7-17)13-16-5-4-15(14-2-3-14)12-18(16)23(21)19(30)29(20(27)28-23)11-10-22(24,25)26/h4-5,12,14,17H,2-3,6-11,13H2,1H3,(H2,27,28). The largest absolute Gasteiger partial charge is 0.390 e. The Labute approximate surface area is 179 Å². The second kappa shape index (κ2) is 6.95. The van der Waals surface area contributed by atoms with Gasteiger partial charge in [0.15, 0.2) is 11.5 Å². The van der Waals surface area contributed by atoms with Crippen LogP contribution < -0.4 is 5.73 Å². The maximum atomic E-state index is 13.9. The second-order valence-electron chi connectivity index (χ2n) is 9.59. The highest BCUT2D eigenvalue weighted by Gasteiger charge is 2.66. The van der Waals surface area contributed by atoms with Crippen molar-refractivity contribution >= 4 is 11.9 Å². The molecule has 31 heavy (non-hydrogen) atoms. The molecule has 1 unspecified atom stereocenters. The molecular formula is C23H28F3N3O2. The molecule has 1 aromatic rings. The van der Waals surface area contributed by atoms with E-state index in [0.29, 0.717) is 12.3 Å². The van der Waals surface area contributed by atoms with Crippen LogP contribution in [0.4, 0.5) is 13.2 Å². The van der Waals surface area contributed by atoms with Gasteiger partial charge in [-0.1, -0.05) is 18.2 Å². The summed E-state index contributed by atoms with van der Waals surface area (Å²) in [7, 11) is 1.69. The summed E-state index contributed by atoms with van der Waals surface area (Å²) in [6, 6.07) is 6.32. The number of nitrogens with zero attached hydrogens (tertiary/aromatic N) is 2. The van der Waals surface area contributed by atoms with E-state index in [9.17, 15) is 18.0 Å². The summed E-state index contributed by atoms with van der Waals surface area (Å²) in [6.45, 7) is -0.492. The Bertz CT molecular complexity index is 932. The molecule has 1 aromatic carbocycles. The summed E-state index contributed by atoms with van der Waals surface area (Å²) in [5.41, 5.74) is 7.56. The molecule has 4 aliphatic rings. The van der Waals surface area contributed by atoms with Gasteiger partial charge in [0, 0.05) is 19.1 Å². The lowest BCUT2D eigenvalue weighted by Gasteiger charge is -2.45. The van der Waals surface area contributed by atoms with Crippen molar-refractivity contribution in [3.8, 4) is 0 Å². The van der Waals surface area contributed by atoms with E-state index in [4.69, 9.17) is 15.5 Å². The Morgan fingerprint density at radius 1 is 1.23 bits per heavy atom. The number of amides is 1. The van der Waals surface area contributed by atoms with Crippen LogP contribution in [0.3, 0.4) is 0 Å². The third-order valence-corrected chi connectivity index (χ3v) is 7.82. The van der Waals surface area contributed by atoms with Crippen molar-refractivity contribution in [2.45, 2.75) is 75.1 Å². The third kappa shape index (κ3) is 3.17. The average Bonchev–Trinajstić information content (AvgIpc) is 3.49. The number of guanidine groups is 1. The number of nitrogens with two attached hydrogens (primary N) is 1. The first-order valence-electron chi connectivity index (χ1n) is 11.1. The number of methoxy groups -OCH3 is 1. The fourth-order valence-corrected chi connectivity index (χ4v) is 6.01. The molecule has 0 aromatic heterocycles. The van der Waals surface area contributed by atoms with Crippen LogP contribution in [0.5, 0.6) is 0 Å². The van der Waals surface area contributed by atoms with Gasteiger partial charge in [-0.2, -0.15) is 13.2 Å². The number of fused-ring (bicyclic) bond motifs is 3. The number of rotatable bonds is 4. The number of carbonyl (C=O) groups excluding carboxylic acids is 1. The predicted molar refractivity (Wildman–Crippen MR) is 110 cm³/mol. The van der Waals surface area contributed by atoms with Crippen molar-refractivity contribution in [3.05, 3.63) is 34.9 Å². The monoisotopic (exact) mass is 435 g/mol. The zero-order valence-corrected chi connectivity index (χ0v) is 17.7. The summed E-state index contributed by atoms with van der Waals surface area (Å²) < 4.78 is 44.3. The van der Waals surface area contributed by atoms with Gasteiger partial charge < -0.3 is 10.5 Å². The van der Waals surface area contributed by atoms with Crippen molar-refractivity contribution in [3.63, 3.8) is 0 Å². The van der Waals surface area contributed by atoms with Crippen molar-refractivity contribution in [2.24, 2.45) is 16.1 Å². The van der Waals surface area contributed by atoms with Crippen LogP contribution >= 0.6 is 0 Å². The first kappa shape index (κ1) is 20.8. The molecule has 1 aliphatic heterocycles. The molecule has 2 saturated carbocycles. The van der Waals surface area contributed by atoms with Gasteiger partial charge in [-0.25, -0.2) is 4.99 Å². The molecule has 5 nitrogen and oxygen atoms in total. The molecule has 0 bridgehead atoms. The fourth-order valence-electron chi connectivity index (χ4n) is 6.01. The highest BCUT2D eigenvalue weighted by Crippen LogP contribution is 2.62. The Morgan fingerprint density at radius 2 is 1.94 bits per heavy atom. The smallest absolute Gasteiger partial charge is 0.381 e. The van der Waals surface area contributed by atoms with Gasteiger partial charge in [0.2, 0.25) is 0 Å². The topological polar surface area (TPSA) is 67.9 Å². The van der Waals surface area contributed by atoms with Crippen molar-refractivity contribution in [2.75, 3.05) is 13.7 Å². The van der Waals surface area contributed by atoms with E-state index in [1.54, 1.807) is 7.11 Å². The maximum Gasteiger partial charge on any atom is 0.390 e. The van der Waals surface area contributed by atoms with Gasteiger partial charge in [0.25, 0.3) is 5.91 Å². The third-order valence-electron chi connectivity index (χ3n) is 7.82. The molecule has 5 rings (SSSR count). The number of hydrogen-bond donors (Lipinski definition) is 1. The minimum absolute atomic E-state index is 0.0906. The summed E-state index contributed by atoms with van der Waals surface area (Å²) in [5, 5.41) is 0. The SMILES string of the molecule is COC1CCC2(CC1)Cc1ccc(C3CC3)cc1C21N=C(N)N(CCC(F)(F)F)C1=O. The maximum absolute atomic E-state index is 13.9. The zero-order chi connectivity index (χ0) is 22.0. The van der Waals surface area contributed by atoms with Gasteiger partial charge in [-0.15, -0.1) is 0 Å². The Balaban J connectivity index is 1.58. The summed E-state index contributed by atoms with van der Waals surface area (Å²) in [5.74, 6) is 0.0197. The van der Waals surface area contributed by atoms with Crippen LogP contribution in [0.15, 0.2) is 23.2 Å². The van der Waals surface area contributed by atoms with Crippen LogP contribution in [-0.2, 0) is 21.5 Å². The van der Waals surface area contributed by atoms with Crippen LogP contribution in [0.2, 0.25) is 0 Å². The lowest BCUT2D eigenvalue weighted by Crippen LogP contribution is -2.52. The van der Waals surface area contributed by atoms with Gasteiger partial charge in [0.1, 0.15) is 0 Å². The normalized spacial score (nSPS) is 32.8. The highest BCUT2D eigenvalue weighted by molar-refractivity contribution is 6.08. The van der Waals surface area contributed by atoms with Crippen molar-refractivity contribution in [1.29, 1.82) is 0 Å². The average molecular weight is 435 g/mol. The molecule has 2 spiro atoms. The molecule has 1 atom stereocenters. The Kier molecular flexibility index (Phi) is 4.66. The molecule has 3 aliphatic carbocycles. The van der Waals surface area contributed by atoms with E-state index in [0.717, 1.165) is 54.6 Å². The second-order valence-corrected chi connectivity index (χ2v) is 9.59. The lowest BCUT2D eigenvalue weighted by atomic mass is 9.61. The van der Waals surface area contributed by atoms with Crippen LogP contribution in [0, 0.1) is 5.41 Å². The first-order chi connectivity index (χ1) is 14.7. The van der Waals surface area contributed by atoms with Gasteiger partial charge in [-0.3, -0.25) is 9.69 Å². The molecule has 2 N–H and O–H groups in total. The molecule has 1 amide bonds. The van der Waals surface area contributed by atoms with E-state index in [2.05, 4.69) is 18.2 Å². The van der Waals surface area contributed by atoms with E-state index < -0.39 is 36.0 Å². The number of carbonyl (C=O) groups is 1. The van der Waals surface area contributed by atoms with Gasteiger partial charge in [-0.05, 0) is 67.6 Å². The molecule has 2 fully saturated rings. The molecule has 168 valence electrons. The predicted octanol–water partition coefficient (Wildman–Crippen LogP) is 4.00. The van der Waals surface area contributed by atoms with E-state index in [-0.39, 0.29) is 12.1 Å². The molecule has 0 radical (unpaired) electrons. The Hall–Kier alpha value is -2.09. The van der Waals surface area contributed by atoms with E-state index in [1.807, 2.05) is 0 Å². The van der Waals surface area contributed by atoms with E-state index in [1.165, 1.54) is 5.56 Å². The molecule has 0 saturated heterocycles. The van der Waals surface area contributed by atoms with Crippen LogP contribution in [0.1, 0.15) is 67.6 Å². The zero-order valence-electron chi connectivity index (χ0n) is 17.7. The number of ether oxygens (including phenoxy) is 1. The van der Waals surface area contributed by atoms with Crippen molar-refractivity contribution in [1.82, 2.24) is 4.90 Å². The number of hydrogen-bond acceptors (Lipinski definition) is 4.